The fourth-order valence-corrected chi connectivity index (χ4v) is 7.05. The van der Waals surface area contributed by atoms with E-state index in [1.54, 1.807) is 0 Å². The number of carbonyl (C=O) groups excluding carboxylic acids is 1. The Bertz CT molecular complexity index is 1130. The smallest absolute Gasteiger partial charge is 0.457 e. The number of likely N-dealkylation sites (N-methyl/N-ethyl adjacent to an activating group) is 1. The van der Waals surface area contributed by atoms with Gasteiger partial charge in [0.15, 0.2) is 0 Å². The number of hydrogen-bond donors (Lipinski definition) is 1. The average molecular weight is 851 g/mol. The van der Waals surface area contributed by atoms with Crippen LogP contribution in [0.5, 0.6) is 0 Å². The van der Waals surface area contributed by atoms with Crippen LogP contribution in [-0.4, -0.2) is 75.6 Å². The Morgan fingerprint density at radius 2 is 0.932 bits per heavy atom. The molecule has 0 fully saturated rings. The molecule has 0 aromatic carbocycles. The first kappa shape index (κ1) is 57.2. The molecule has 0 aliphatic heterocycles. The molecule has 8 nitrogen and oxygen atoms in total. The van der Waals surface area contributed by atoms with Crippen LogP contribution in [0, 0.1) is 0 Å². The molecule has 1 unspecified atom stereocenters. The van der Waals surface area contributed by atoms with Crippen LogP contribution in [-0.2, 0) is 27.9 Å². The van der Waals surface area contributed by atoms with Crippen molar-refractivity contribution in [2.45, 2.75) is 200 Å². The zero-order valence-corrected chi connectivity index (χ0v) is 39.9. The molecular weight excluding hydrogens is 758 g/mol. The number of carbonyl (C=O) groups is 1. The van der Waals surface area contributed by atoms with Crippen molar-refractivity contribution in [1.29, 1.82) is 0 Å². The molecule has 0 aliphatic rings. The fraction of sp³-hybridized carbons (Fsp3) is 0.780. The van der Waals surface area contributed by atoms with Crippen LogP contribution in [0.1, 0.15) is 194 Å². The SMILES string of the molecule is CCCCC/C=C\C/C=C\C/C=C\C/C=C\CCCC(=O)O[C@H](COCCCCCCCCCCCC/C=C\CCCCCCCC)COP(=O)(O)OCC[N+](C)(C)C. The van der Waals surface area contributed by atoms with Gasteiger partial charge in [-0.3, -0.25) is 13.8 Å². The first-order valence-corrected chi connectivity index (χ1v) is 25.5. The predicted molar refractivity (Wildman–Crippen MR) is 252 cm³/mol. The Morgan fingerprint density at radius 1 is 0.525 bits per heavy atom. The van der Waals surface area contributed by atoms with Gasteiger partial charge >= 0.3 is 13.8 Å². The highest BCUT2D eigenvalue weighted by Crippen LogP contribution is 2.43. The number of unbranched alkanes of at least 4 members (excludes halogenated alkanes) is 20. The zero-order chi connectivity index (χ0) is 43.4. The lowest BCUT2D eigenvalue weighted by Gasteiger charge is -2.24. The molecule has 0 saturated heterocycles. The monoisotopic (exact) mass is 851 g/mol. The maximum absolute atomic E-state index is 12.7. The summed E-state index contributed by atoms with van der Waals surface area (Å²) in [7, 11) is 1.63. The van der Waals surface area contributed by atoms with Crippen molar-refractivity contribution >= 4 is 13.8 Å². The number of esters is 1. The van der Waals surface area contributed by atoms with E-state index in [1.807, 2.05) is 21.1 Å². The summed E-state index contributed by atoms with van der Waals surface area (Å²) >= 11 is 0. The number of phosphoric acid groups is 1. The van der Waals surface area contributed by atoms with Gasteiger partial charge in [0.2, 0.25) is 0 Å². The molecule has 0 aromatic rings. The van der Waals surface area contributed by atoms with Crippen molar-refractivity contribution in [2.75, 3.05) is 54.1 Å². The van der Waals surface area contributed by atoms with Crippen molar-refractivity contribution in [2.24, 2.45) is 0 Å². The number of ether oxygens (including phenoxy) is 2. The van der Waals surface area contributed by atoms with Gasteiger partial charge in [0.05, 0.1) is 34.4 Å². The van der Waals surface area contributed by atoms with Crippen molar-refractivity contribution in [3.63, 3.8) is 0 Å². The van der Waals surface area contributed by atoms with Gasteiger partial charge in [0, 0.05) is 13.0 Å². The van der Waals surface area contributed by atoms with Gasteiger partial charge in [0.1, 0.15) is 19.3 Å². The second-order valence-electron chi connectivity index (χ2n) is 17.1. The van der Waals surface area contributed by atoms with E-state index < -0.39 is 13.9 Å². The Labute approximate surface area is 364 Å². The number of nitrogens with zero attached hydrogens (tertiary/aromatic N) is 1. The molecule has 0 radical (unpaired) electrons. The molecule has 2 atom stereocenters. The molecule has 0 aromatic heterocycles. The molecule has 0 spiro atoms. The fourth-order valence-electron chi connectivity index (χ4n) is 6.30. The summed E-state index contributed by atoms with van der Waals surface area (Å²) < 4.78 is 35.0. The Balaban J connectivity index is 4.26. The largest absolute Gasteiger partial charge is 0.472 e. The third-order valence-electron chi connectivity index (χ3n) is 10.1. The molecule has 344 valence electrons. The van der Waals surface area contributed by atoms with E-state index in [2.05, 4.69) is 74.6 Å². The quantitative estimate of drug-likeness (QED) is 0.0215. The molecule has 0 bridgehead atoms. The van der Waals surface area contributed by atoms with Gasteiger partial charge < -0.3 is 18.9 Å². The molecule has 0 amide bonds. The summed E-state index contributed by atoms with van der Waals surface area (Å²) in [5.74, 6) is -0.368. The van der Waals surface area contributed by atoms with Crippen molar-refractivity contribution in [1.82, 2.24) is 0 Å². The van der Waals surface area contributed by atoms with Crippen LogP contribution < -0.4 is 0 Å². The van der Waals surface area contributed by atoms with Gasteiger partial charge in [-0.15, -0.1) is 0 Å². The lowest BCUT2D eigenvalue weighted by atomic mass is 10.1. The second kappa shape index (κ2) is 42.9. The summed E-state index contributed by atoms with van der Waals surface area (Å²) in [6.45, 7) is 5.52. The molecule has 1 N–H and O–H groups in total. The van der Waals surface area contributed by atoms with Gasteiger partial charge in [-0.25, -0.2) is 4.57 Å². The summed E-state index contributed by atoms with van der Waals surface area (Å²) in [4.78, 5) is 22.9. The van der Waals surface area contributed by atoms with Gasteiger partial charge in [-0.05, 0) is 77.0 Å². The van der Waals surface area contributed by atoms with Crippen LogP contribution in [0.3, 0.4) is 0 Å². The zero-order valence-electron chi connectivity index (χ0n) is 39.0. The number of rotatable bonds is 44. The summed E-state index contributed by atoms with van der Waals surface area (Å²) in [6.07, 6.45) is 54.1. The number of hydrogen-bond acceptors (Lipinski definition) is 6. The van der Waals surface area contributed by atoms with Gasteiger partial charge in [-0.2, -0.15) is 0 Å². The van der Waals surface area contributed by atoms with Crippen LogP contribution in [0.25, 0.3) is 0 Å². The summed E-state index contributed by atoms with van der Waals surface area (Å²) in [5.41, 5.74) is 0. The van der Waals surface area contributed by atoms with Crippen molar-refractivity contribution < 1.29 is 37.3 Å². The third kappa shape index (κ3) is 47.1. The summed E-state index contributed by atoms with van der Waals surface area (Å²) in [6, 6.07) is 0. The molecular formula is C50H93NO7P+. The van der Waals surface area contributed by atoms with E-state index >= 15 is 0 Å². The number of allylic oxidation sites excluding steroid dienone is 10. The van der Waals surface area contributed by atoms with Crippen molar-refractivity contribution in [3.05, 3.63) is 60.8 Å². The molecule has 0 saturated carbocycles. The maximum Gasteiger partial charge on any atom is 0.472 e. The Hall–Kier alpha value is -1.80. The highest BCUT2D eigenvalue weighted by atomic mass is 31.2. The lowest BCUT2D eigenvalue weighted by Crippen LogP contribution is -2.37. The molecule has 59 heavy (non-hydrogen) atoms. The minimum Gasteiger partial charge on any atom is -0.457 e. The molecule has 9 heteroatoms. The maximum atomic E-state index is 12.7. The van der Waals surface area contributed by atoms with Crippen LogP contribution in [0.2, 0.25) is 0 Å². The molecule has 0 heterocycles. The minimum absolute atomic E-state index is 0.0764. The molecule has 0 aliphatic carbocycles. The first-order chi connectivity index (χ1) is 28.6. The van der Waals surface area contributed by atoms with Gasteiger partial charge in [-0.1, -0.05) is 171 Å². The van der Waals surface area contributed by atoms with Crippen LogP contribution >= 0.6 is 7.82 Å². The average Bonchev–Trinajstić information content (AvgIpc) is 3.19. The Morgan fingerprint density at radius 3 is 1.44 bits per heavy atom. The van der Waals surface area contributed by atoms with E-state index in [0.717, 1.165) is 38.5 Å². The lowest BCUT2D eigenvalue weighted by molar-refractivity contribution is -0.870. The van der Waals surface area contributed by atoms with E-state index in [-0.39, 0.29) is 32.2 Å². The normalized spacial score (nSPS) is 14.2. The van der Waals surface area contributed by atoms with E-state index in [4.69, 9.17) is 18.5 Å². The first-order valence-electron chi connectivity index (χ1n) is 24.0. The van der Waals surface area contributed by atoms with E-state index in [0.29, 0.717) is 24.1 Å². The van der Waals surface area contributed by atoms with E-state index in [1.165, 1.54) is 128 Å². The molecule has 0 rings (SSSR count). The third-order valence-corrected chi connectivity index (χ3v) is 11.0. The minimum atomic E-state index is -4.29. The van der Waals surface area contributed by atoms with Crippen LogP contribution in [0.4, 0.5) is 0 Å². The summed E-state index contributed by atoms with van der Waals surface area (Å²) in [5, 5.41) is 0. The predicted octanol–water partition coefficient (Wildman–Crippen LogP) is 14.5. The van der Waals surface area contributed by atoms with E-state index in [9.17, 15) is 14.3 Å². The van der Waals surface area contributed by atoms with Gasteiger partial charge in [0.25, 0.3) is 0 Å². The number of phosphoric ester groups is 1. The standard InChI is InChI=1S/C50H92NO7P/c1-6-8-10-12-14-16-18-20-22-24-25-26-28-30-32-34-36-38-40-42-45-55-47-49(48-57-59(53,54)56-46-44-51(3,4)5)58-50(52)43-41-39-37-35-33-31-29-27-23-21-19-17-15-13-11-9-7-2/h15,17,20-23,29,31,35,37,49H,6-14,16,18-19,24-28,30,32-34,36,38-48H2,1-5H3/p+1/b17-15-,22-20-,23-21-,31-29-,37-35-/t49-/m1/s1. The topological polar surface area (TPSA) is 91.3 Å². The van der Waals surface area contributed by atoms with Crippen molar-refractivity contribution in [3.8, 4) is 0 Å². The highest BCUT2D eigenvalue weighted by molar-refractivity contribution is 7.47. The van der Waals surface area contributed by atoms with Crippen LogP contribution in [0.15, 0.2) is 60.8 Å². The number of quaternary nitrogens is 1. The Kier molecular flexibility index (Phi) is 41.6. The highest BCUT2D eigenvalue weighted by Gasteiger charge is 2.26. The second-order valence-corrected chi connectivity index (χ2v) is 18.6.